The number of carbonyl (C=O) groups is 1. The summed E-state index contributed by atoms with van der Waals surface area (Å²) in [6, 6.07) is 0. The van der Waals surface area contributed by atoms with Crippen molar-refractivity contribution in [2.45, 2.75) is 0 Å². The molecule has 0 rings (SSSR count). The highest BCUT2D eigenvalue weighted by molar-refractivity contribution is 7.83. The maximum absolute atomic E-state index is 9.35. The van der Waals surface area contributed by atoms with E-state index >= 15 is 0 Å². The lowest BCUT2D eigenvalue weighted by atomic mass is 10.7. The van der Waals surface area contributed by atoms with Gasteiger partial charge in [-0.1, -0.05) is 0 Å². The molecule has 0 atom stereocenters. The van der Waals surface area contributed by atoms with Crippen LogP contribution in [0.25, 0.3) is 0 Å². The molecule has 0 saturated carbocycles. The Morgan fingerprint density at radius 1 is 1.67 bits per heavy atom. The van der Waals surface area contributed by atoms with E-state index < -0.39 is 5.97 Å². The van der Waals surface area contributed by atoms with Gasteiger partial charge in [0.15, 0.2) is 0 Å². The van der Waals surface area contributed by atoms with E-state index in [-0.39, 0.29) is 0 Å². The minimum Gasteiger partial charge on any atom is -0.242 e. The molecule has 0 saturated heterocycles. The van der Waals surface area contributed by atoms with Crippen LogP contribution in [-0.4, -0.2) is 5.97 Å². The van der Waals surface area contributed by atoms with Crippen molar-refractivity contribution in [1.29, 1.82) is 0 Å². The molecule has 0 N–H and O–H groups in total. The maximum Gasteiger partial charge on any atom is 0.379 e. The summed E-state index contributed by atoms with van der Waals surface area (Å²) in [4.78, 5) is 9.35. The van der Waals surface area contributed by atoms with Crippen LogP contribution in [0.15, 0.2) is 11.5 Å². The summed E-state index contributed by atoms with van der Waals surface area (Å²) in [7, 11) is 0. The van der Waals surface area contributed by atoms with E-state index in [0.717, 1.165) is 11.5 Å². The van der Waals surface area contributed by atoms with E-state index in [1.165, 1.54) is 0 Å². The molecule has 0 aliphatic heterocycles. The first kappa shape index (κ1) is 5.56. The Labute approximate surface area is 40.9 Å². The highest BCUT2D eigenvalue weighted by Crippen LogP contribution is 1.74. The monoisotopic (exact) mass is 103 g/mol. The molecule has 0 unspecified atom stereocenters. The van der Waals surface area contributed by atoms with Crippen LogP contribution in [0, 0.1) is 0 Å². The number of hydrogen-bond acceptors (Lipinski definition) is 2. The first-order chi connectivity index (χ1) is 2.77. The SMILES string of the molecule is [O]C(=O)C=CS. The van der Waals surface area contributed by atoms with E-state index in [9.17, 15) is 9.90 Å². The average Bonchev–Trinajstić information content (AvgIpc) is 1.35. The molecule has 3 heteroatoms. The molecule has 0 amide bonds. The van der Waals surface area contributed by atoms with Crippen LogP contribution < -0.4 is 0 Å². The minimum absolute atomic E-state index is 0.836. The second-order valence-electron chi connectivity index (χ2n) is 0.635. The number of thiol groups is 1. The smallest absolute Gasteiger partial charge is 0.242 e. The van der Waals surface area contributed by atoms with Crippen molar-refractivity contribution < 1.29 is 9.90 Å². The van der Waals surface area contributed by atoms with Crippen LogP contribution in [0.1, 0.15) is 0 Å². The summed E-state index contributed by atoms with van der Waals surface area (Å²) < 4.78 is 0. The van der Waals surface area contributed by atoms with Crippen LogP contribution in [0.5, 0.6) is 0 Å². The van der Waals surface area contributed by atoms with Crippen LogP contribution >= 0.6 is 12.6 Å². The van der Waals surface area contributed by atoms with E-state index in [0.29, 0.717) is 0 Å². The molecule has 0 aliphatic rings. The molecule has 0 bridgehead atoms. The molecule has 6 heavy (non-hydrogen) atoms. The third kappa shape index (κ3) is 3.56. The highest BCUT2D eigenvalue weighted by Gasteiger charge is 1.82. The van der Waals surface area contributed by atoms with E-state index in [1.807, 2.05) is 0 Å². The number of hydrogen-bond donors (Lipinski definition) is 1. The highest BCUT2D eigenvalue weighted by atomic mass is 32.1. The second-order valence-corrected chi connectivity index (χ2v) is 0.933. The zero-order valence-corrected chi connectivity index (χ0v) is 3.81. The van der Waals surface area contributed by atoms with E-state index in [2.05, 4.69) is 12.6 Å². The van der Waals surface area contributed by atoms with Crippen molar-refractivity contribution in [3.05, 3.63) is 11.5 Å². The van der Waals surface area contributed by atoms with Gasteiger partial charge in [0.1, 0.15) is 0 Å². The molecule has 0 fully saturated rings. The fourth-order valence-electron chi connectivity index (χ4n) is 0.0609. The standard InChI is InChI=1S/C3H3O2S/c4-3(5)1-2-6/h1-2,6H. The number of rotatable bonds is 1. The molecule has 0 aliphatic carbocycles. The third-order valence-corrected chi connectivity index (χ3v) is 0.360. The van der Waals surface area contributed by atoms with Gasteiger partial charge in [0.05, 0.1) is 0 Å². The summed E-state index contributed by atoms with van der Waals surface area (Å²) in [6.07, 6.45) is 0.836. The fraction of sp³-hybridized carbons (Fsp3) is 0. The zero-order valence-electron chi connectivity index (χ0n) is 2.92. The lowest BCUT2D eigenvalue weighted by molar-refractivity contribution is -0.137. The van der Waals surface area contributed by atoms with Gasteiger partial charge in [0, 0.05) is 6.08 Å². The van der Waals surface area contributed by atoms with Crippen LogP contribution in [0.3, 0.4) is 0 Å². The van der Waals surface area contributed by atoms with Crippen molar-refractivity contribution in [1.82, 2.24) is 0 Å². The molecular formula is C3H3O2S. The summed E-state index contributed by atoms with van der Waals surface area (Å²) in [6.45, 7) is 0. The molecule has 0 aromatic carbocycles. The topological polar surface area (TPSA) is 37.0 Å². The molecule has 0 aromatic rings. The summed E-state index contributed by atoms with van der Waals surface area (Å²) in [5.74, 6) is -1.22. The van der Waals surface area contributed by atoms with Gasteiger partial charge in [-0.3, -0.25) is 0 Å². The molecule has 0 spiro atoms. The van der Waals surface area contributed by atoms with Gasteiger partial charge >= 0.3 is 5.97 Å². The van der Waals surface area contributed by atoms with Crippen molar-refractivity contribution in [3.63, 3.8) is 0 Å². The van der Waals surface area contributed by atoms with Gasteiger partial charge in [-0.2, -0.15) is 12.6 Å². The largest absolute Gasteiger partial charge is 0.379 e. The molecule has 2 nitrogen and oxygen atoms in total. The van der Waals surface area contributed by atoms with Gasteiger partial charge in [-0.15, -0.1) is 0 Å². The first-order valence-corrected chi connectivity index (χ1v) is 1.80. The third-order valence-electron chi connectivity index (χ3n) is 0.211. The summed E-state index contributed by atoms with van der Waals surface area (Å²) >= 11 is 3.46. The van der Waals surface area contributed by atoms with Gasteiger partial charge in [0.2, 0.25) is 0 Å². The summed E-state index contributed by atoms with van der Waals surface area (Å²) in [5, 5.41) is 10.5. The molecule has 33 valence electrons. The lowest BCUT2D eigenvalue weighted by Crippen LogP contribution is -1.79. The predicted octanol–water partition coefficient (Wildman–Crippen LogP) is 0.387. The molecule has 1 radical (unpaired) electrons. The van der Waals surface area contributed by atoms with Crippen molar-refractivity contribution in [3.8, 4) is 0 Å². The van der Waals surface area contributed by atoms with Crippen molar-refractivity contribution >= 4 is 18.6 Å². The van der Waals surface area contributed by atoms with Gasteiger partial charge in [-0.05, 0) is 5.41 Å². The second kappa shape index (κ2) is 2.78. The Morgan fingerprint density at radius 2 is 2.17 bits per heavy atom. The summed E-state index contributed by atoms with van der Waals surface area (Å²) in [5.41, 5.74) is 0. The maximum atomic E-state index is 9.35. The van der Waals surface area contributed by atoms with E-state index in [1.54, 1.807) is 0 Å². The molecule has 0 heterocycles. The predicted molar refractivity (Wildman–Crippen MR) is 23.8 cm³/mol. The van der Waals surface area contributed by atoms with E-state index in [4.69, 9.17) is 0 Å². The zero-order chi connectivity index (χ0) is 4.99. The normalized spacial score (nSPS) is 9.50. The van der Waals surface area contributed by atoms with Gasteiger partial charge < -0.3 is 0 Å². The van der Waals surface area contributed by atoms with Gasteiger partial charge in [-0.25, -0.2) is 9.90 Å². The average molecular weight is 103 g/mol. The van der Waals surface area contributed by atoms with Crippen LogP contribution in [-0.2, 0) is 9.90 Å². The van der Waals surface area contributed by atoms with Gasteiger partial charge in [0.25, 0.3) is 0 Å². The Hall–Kier alpha value is -0.440. The Balaban J connectivity index is 3.30. The van der Waals surface area contributed by atoms with Crippen LogP contribution in [0.4, 0.5) is 0 Å². The van der Waals surface area contributed by atoms with Crippen molar-refractivity contribution in [2.75, 3.05) is 0 Å². The molecule has 0 aromatic heterocycles. The fourth-order valence-corrected chi connectivity index (χ4v) is 0.183. The van der Waals surface area contributed by atoms with Crippen molar-refractivity contribution in [2.24, 2.45) is 0 Å². The first-order valence-electron chi connectivity index (χ1n) is 1.29. The molecular weight excluding hydrogens is 100 g/mol. The quantitative estimate of drug-likeness (QED) is 0.378. The number of carbonyl (C=O) groups excluding carboxylic acids is 1. The minimum atomic E-state index is -1.22. The Morgan fingerprint density at radius 3 is 2.17 bits per heavy atom. The Bertz CT molecular complexity index is 76.9. The Kier molecular flexibility index (Phi) is 2.58. The van der Waals surface area contributed by atoms with Crippen LogP contribution in [0.2, 0.25) is 0 Å². The lowest BCUT2D eigenvalue weighted by Gasteiger charge is -1.62.